The maximum absolute atomic E-state index is 12.1. The van der Waals surface area contributed by atoms with Crippen LogP contribution in [0.4, 0.5) is 0 Å². The number of nitrogens with zero attached hydrogens (tertiary/aromatic N) is 2. The van der Waals surface area contributed by atoms with Crippen molar-refractivity contribution >= 4 is 11.9 Å². The van der Waals surface area contributed by atoms with Gasteiger partial charge in [0, 0.05) is 38.8 Å². The van der Waals surface area contributed by atoms with Crippen molar-refractivity contribution in [2.75, 3.05) is 34.4 Å². The second kappa shape index (κ2) is 10.0. The summed E-state index contributed by atoms with van der Waals surface area (Å²) < 4.78 is 10.9. The predicted octanol–water partition coefficient (Wildman–Crippen LogP) is 2.59. The second-order valence-corrected chi connectivity index (χ2v) is 7.11. The van der Waals surface area contributed by atoms with E-state index < -0.39 is 0 Å². The Morgan fingerprint density at radius 3 is 2.50 bits per heavy atom. The molecule has 7 nitrogen and oxygen atoms in total. The van der Waals surface area contributed by atoms with Crippen LogP contribution in [0.25, 0.3) is 0 Å². The molecule has 0 saturated heterocycles. The molecule has 0 bridgehead atoms. The van der Waals surface area contributed by atoms with E-state index in [1.165, 1.54) is 11.1 Å². The van der Waals surface area contributed by atoms with Crippen molar-refractivity contribution in [3.63, 3.8) is 0 Å². The molecule has 30 heavy (non-hydrogen) atoms. The summed E-state index contributed by atoms with van der Waals surface area (Å²) in [5, 5.41) is 6.26. The van der Waals surface area contributed by atoms with Crippen LogP contribution >= 0.6 is 0 Å². The predicted molar refractivity (Wildman–Crippen MR) is 118 cm³/mol. The van der Waals surface area contributed by atoms with Crippen molar-refractivity contribution in [1.29, 1.82) is 0 Å². The lowest BCUT2D eigenvalue weighted by atomic mass is 9.99. The lowest BCUT2D eigenvalue weighted by molar-refractivity contribution is 0.0955. The van der Waals surface area contributed by atoms with Crippen molar-refractivity contribution in [1.82, 2.24) is 15.5 Å². The zero-order chi connectivity index (χ0) is 21.5. The van der Waals surface area contributed by atoms with Gasteiger partial charge in [-0.1, -0.05) is 12.1 Å². The number of methoxy groups -OCH3 is 2. The van der Waals surface area contributed by atoms with Crippen molar-refractivity contribution in [2.45, 2.75) is 26.4 Å². The first-order valence-electron chi connectivity index (χ1n) is 10.2. The van der Waals surface area contributed by atoms with Gasteiger partial charge in [0.15, 0.2) is 17.5 Å². The van der Waals surface area contributed by atoms with Crippen LogP contribution in [0.3, 0.4) is 0 Å². The summed E-state index contributed by atoms with van der Waals surface area (Å²) in [6, 6.07) is 11.8. The maximum atomic E-state index is 12.1. The van der Waals surface area contributed by atoms with E-state index in [1.807, 2.05) is 37.3 Å². The van der Waals surface area contributed by atoms with Crippen LogP contribution in [0.2, 0.25) is 0 Å². The molecule has 0 atom stereocenters. The van der Waals surface area contributed by atoms with E-state index in [0.717, 1.165) is 42.5 Å². The number of guanidine groups is 1. The number of fused-ring (bicyclic) bond motifs is 1. The first-order chi connectivity index (χ1) is 14.6. The fourth-order valence-corrected chi connectivity index (χ4v) is 3.66. The normalized spacial score (nSPS) is 13.5. The van der Waals surface area contributed by atoms with Gasteiger partial charge in [-0.15, -0.1) is 0 Å². The quantitative estimate of drug-likeness (QED) is 0.566. The second-order valence-electron chi connectivity index (χ2n) is 7.11. The van der Waals surface area contributed by atoms with Crippen LogP contribution in [0, 0.1) is 0 Å². The molecule has 2 N–H and O–H groups in total. The van der Waals surface area contributed by atoms with Gasteiger partial charge in [-0.25, -0.2) is 0 Å². The number of hydrogen-bond acceptors (Lipinski definition) is 4. The third-order valence-electron chi connectivity index (χ3n) is 5.21. The van der Waals surface area contributed by atoms with Gasteiger partial charge < -0.3 is 25.0 Å². The number of benzene rings is 2. The summed E-state index contributed by atoms with van der Waals surface area (Å²) in [5.41, 5.74) is 4.18. The molecule has 2 aromatic rings. The highest BCUT2D eigenvalue weighted by Crippen LogP contribution is 2.33. The van der Waals surface area contributed by atoms with Crippen LogP contribution in [-0.4, -0.2) is 51.1 Å². The van der Waals surface area contributed by atoms with E-state index in [2.05, 4.69) is 26.6 Å². The largest absolute Gasteiger partial charge is 0.493 e. The molecule has 160 valence electrons. The van der Waals surface area contributed by atoms with E-state index in [0.29, 0.717) is 18.7 Å². The van der Waals surface area contributed by atoms with Gasteiger partial charge in [-0.05, 0) is 54.3 Å². The minimum atomic E-state index is -0.0549. The molecular weight excluding hydrogens is 380 g/mol. The number of hydrogen-bond donors (Lipinski definition) is 2. The minimum absolute atomic E-state index is 0.0549. The Morgan fingerprint density at radius 1 is 1.10 bits per heavy atom. The highest BCUT2D eigenvalue weighted by atomic mass is 16.5. The number of nitrogens with one attached hydrogen (secondary N) is 2. The number of carbonyl (C=O) groups is 1. The number of rotatable bonds is 6. The lowest BCUT2D eigenvalue weighted by Gasteiger charge is -2.32. The van der Waals surface area contributed by atoms with E-state index in [1.54, 1.807) is 21.3 Å². The van der Waals surface area contributed by atoms with Crippen molar-refractivity contribution in [3.8, 4) is 11.5 Å². The molecule has 0 spiro atoms. The number of amides is 1. The molecule has 1 amide bonds. The summed E-state index contributed by atoms with van der Waals surface area (Å²) in [6.07, 6.45) is 0.906. The molecule has 0 aromatic heterocycles. The SMILES string of the molecule is CCNC(=O)c1cccc(CNC(=NC)N2CCc3cc(OC)c(OC)cc3C2)c1. The van der Waals surface area contributed by atoms with E-state index in [-0.39, 0.29) is 5.91 Å². The van der Waals surface area contributed by atoms with Gasteiger partial charge in [-0.3, -0.25) is 9.79 Å². The smallest absolute Gasteiger partial charge is 0.251 e. The van der Waals surface area contributed by atoms with Gasteiger partial charge in [0.1, 0.15) is 0 Å². The molecule has 2 aromatic carbocycles. The fourth-order valence-electron chi connectivity index (χ4n) is 3.66. The molecule has 0 radical (unpaired) electrons. The van der Waals surface area contributed by atoms with Crippen molar-refractivity contribution < 1.29 is 14.3 Å². The molecular formula is C23H30N4O3. The lowest BCUT2D eigenvalue weighted by Crippen LogP contribution is -2.43. The van der Waals surface area contributed by atoms with Crippen LogP contribution in [0.5, 0.6) is 11.5 Å². The van der Waals surface area contributed by atoms with Crippen LogP contribution < -0.4 is 20.1 Å². The summed E-state index contributed by atoms with van der Waals surface area (Å²) in [5.74, 6) is 2.28. The molecule has 0 aliphatic carbocycles. The molecule has 0 unspecified atom stereocenters. The van der Waals surface area contributed by atoms with Crippen molar-refractivity contribution in [3.05, 3.63) is 58.7 Å². The Balaban J connectivity index is 1.68. The van der Waals surface area contributed by atoms with Gasteiger partial charge in [0.25, 0.3) is 5.91 Å². The van der Waals surface area contributed by atoms with Gasteiger partial charge in [-0.2, -0.15) is 0 Å². The van der Waals surface area contributed by atoms with E-state index in [9.17, 15) is 4.79 Å². The highest BCUT2D eigenvalue weighted by molar-refractivity contribution is 5.94. The minimum Gasteiger partial charge on any atom is -0.493 e. The first-order valence-corrected chi connectivity index (χ1v) is 10.2. The monoisotopic (exact) mass is 410 g/mol. The summed E-state index contributed by atoms with van der Waals surface area (Å²) in [4.78, 5) is 18.8. The zero-order valence-electron chi connectivity index (χ0n) is 18.1. The number of aliphatic imine (C=N–C) groups is 1. The Labute approximate surface area is 178 Å². The molecule has 1 aliphatic heterocycles. The van der Waals surface area contributed by atoms with Crippen molar-refractivity contribution in [2.24, 2.45) is 4.99 Å². The standard InChI is InChI=1S/C23H30N4O3/c1-5-25-22(28)18-8-6-7-16(11-18)14-26-23(24-2)27-10-9-17-12-20(29-3)21(30-4)13-19(17)15-27/h6-8,11-13H,5,9-10,14-15H2,1-4H3,(H,24,26)(H,25,28). The summed E-state index contributed by atoms with van der Waals surface area (Å²) in [6.45, 7) is 4.72. The molecule has 1 aliphatic rings. The highest BCUT2D eigenvalue weighted by Gasteiger charge is 2.21. The summed E-state index contributed by atoms with van der Waals surface area (Å²) >= 11 is 0. The van der Waals surface area contributed by atoms with Crippen LogP contribution in [-0.2, 0) is 19.5 Å². The molecule has 3 rings (SSSR count). The Hall–Kier alpha value is -3.22. The van der Waals surface area contributed by atoms with Gasteiger partial charge in [0.2, 0.25) is 0 Å². The molecule has 7 heteroatoms. The molecule has 0 saturated carbocycles. The van der Waals surface area contributed by atoms with Gasteiger partial charge in [0.05, 0.1) is 14.2 Å². The number of ether oxygens (including phenoxy) is 2. The maximum Gasteiger partial charge on any atom is 0.251 e. The third kappa shape index (κ3) is 4.84. The Bertz CT molecular complexity index is 927. The molecule has 0 fully saturated rings. The van der Waals surface area contributed by atoms with Gasteiger partial charge >= 0.3 is 0 Å². The Morgan fingerprint density at radius 2 is 1.83 bits per heavy atom. The van der Waals surface area contributed by atoms with E-state index >= 15 is 0 Å². The Kier molecular flexibility index (Phi) is 7.17. The topological polar surface area (TPSA) is 75.2 Å². The average molecular weight is 411 g/mol. The average Bonchev–Trinajstić information content (AvgIpc) is 2.78. The van der Waals surface area contributed by atoms with E-state index in [4.69, 9.17) is 9.47 Å². The molecule has 1 heterocycles. The first kappa shape index (κ1) is 21.5. The summed E-state index contributed by atoms with van der Waals surface area (Å²) in [7, 11) is 5.10. The third-order valence-corrected chi connectivity index (χ3v) is 5.21. The van der Waals surface area contributed by atoms with Crippen LogP contribution in [0.1, 0.15) is 34.0 Å². The fraction of sp³-hybridized carbons (Fsp3) is 0.391. The van der Waals surface area contributed by atoms with Crippen LogP contribution in [0.15, 0.2) is 41.4 Å². The zero-order valence-corrected chi connectivity index (χ0v) is 18.1. The number of carbonyl (C=O) groups excluding carboxylic acids is 1.